The van der Waals surface area contributed by atoms with Crippen molar-refractivity contribution in [1.82, 2.24) is 0 Å². The van der Waals surface area contributed by atoms with Gasteiger partial charge in [-0.05, 0) is 17.7 Å². The number of carbonyl (C=O) groups excluding carboxylic acids is 2. The van der Waals surface area contributed by atoms with Crippen LogP contribution in [0.5, 0.6) is 0 Å². The molecule has 17 heavy (non-hydrogen) atoms. The molecule has 4 heteroatoms. The van der Waals surface area contributed by atoms with Gasteiger partial charge in [-0.25, -0.2) is 0 Å². The number of benzene rings is 1. The fourth-order valence-corrected chi connectivity index (χ4v) is 2.53. The van der Waals surface area contributed by atoms with Crippen LogP contribution in [0.3, 0.4) is 0 Å². The van der Waals surface area contributed by atoms with Crippen molar-refractivity contribution in [2.75, 3.05) is 0 Å². The molecule has 0 N–H and O–H groups in total. The molecule has 1 fully saturated rings. The summed E-state index contributed by atoms with van der Waals surface area (Å²) in [6.07, 6.45) is 0.476. The zero-order valence-corrected chi connectivity index (χ0v) is 10.9. The summed E-state index contributed by atoms with van der Waals surface area (Å²) in [7, 11) is 0. The maximum Gasteiger partial charge on any atom is 0.143 e. The van der Waals surface area contributed by atoms with Crippen LogP contribution in [0.15, 0.2) is 18.2 Å². The molecule has 0 bridgehead atoms. The number of carbonyl (C=O) groups is 2. The van der Waals surface area contributed by atoms with Crippen LogP contribution in [-0.2, 0) is 9.59 Å². The predicted molar refractivity (Wildman–Crippen MR) is 67.6 cm³/mol. The van der Waals surface area contributed by atoms with Crippen molar-refractivity contribution in [3.05, 3.63) is 33.8 Å². The Morgan fingerprint density at radius 3 is 2.53 bits per heavy atom. The van der Waals surface area contributed by atoms with Crippen molar-refractivity contribution in [3.63, 3.8) is 0 Å². The number of ketones is 2. The average molecular weight is 271 g/mol. The van der Waals surface area contributed by atoms with Gasteiger partial charge in [-0.3, -0.25) is 9.59 Å². The lowest BCUT2D eigenvalue weighted by atomic mass is 9.75. The Morgan fingerprint density at radius 2 is 1.88 bits per heavy atom. The lowest BCUT2D eigenvalue weighted by Crippen LogP contribution is -2.29. The van der Waals surface area contributed by atoms with Gasteiger partial charge in [0.05, 0.1) is 16.5 Å². The first-order valence-corrected chi connectivity index (χ1v) is 6.24. The van der Waals surface area contributed by atoms with Crippen LogP contribution >= 0.6 is 23.2 Å². The molecule has 0 radical (unpaired) electrons. The Bertz CT molecular complexity index is 482. The summed E-state index contributed by atoms with van der Waals surface area (Å²) in [6, 6.07) is 5.29. The van der Waals surface area contributed by atoms with Gasteiger partial charge in [0.2, 0.25) is 0 Å². The molecule has 0 aromatic heterocycles. The van der Waals surface area contributed by atoms with Crippen LogP contribution < -0.4 is 0 Å². The molecule has 1 aromatic rings. The molecule has 0 spiro atoms. The molecule has 1 aromatic carbocycles. The zero-order chi connectivity index (χ0) is 12.6. The van der Waals surface area contributed by atoms with E-state index in [4.69, 9.17) is 23.2 Å². The van der Waals surface area contributed by atoms with Crippen molar-refractivity contribution < 1.29 is 9.59 Å². The maximum absolute atomic E-state index is 11.7. The molecule has 1 saturated carbocycles. The van der Waals surface area contributed by atoms with Crippen LogP contribution in [-0.4, -0.2) is 11.6 Å². The van der Waals surface area contributed by atoms with Crippen molar-refractivity contribution in [3.8, 4) is 0 Å². The molecule has 0 amide bonds. The third-order valence-corrected chi connectivity index (χ3v) is 4.04. The lowest BCUT2D eigenvalue weighted by Gasteiger charge is -2.27. The predicted octanol–water partition coefficient (Wildman–Crippen LogP) is 3.65. The van der Waals surface area contributed by atoms with E-state index in [1.54, 1.807) is 12.1 Å². The van der Waals surface area contributed by atoms with Crippen molar-refractivity contribution in [1.29, 1.82) is 0 Å². The molecule has 0 saturated heterocycles. The molecule has 1 aliphatic carbocycles. The van der Waals surface area contributed by atoms with E-state index in [0.717, 1.165) is 5.56 Å². The van der Waals surface area contributed by atoms with Crippen LogP contribution in [0.1, 0.15) is 31.2 Å². The van der Waals surface area contributed by atoms with Crippen molar-refractivity contribution in [2.45, 2.75) is 25.7 Å². The third-order valence-electron chi connectivity index (χ3n) is 3.30. The van der Waals surface area contributed by atoms with Gasteiger partial charge in [0, 0.05) is 18.3 Å². The van der Waals surface area contributed by atoms with Crippen LogP contribution in [0.4, 0.5) is 0 Å². The van der Waals surface area contributed by atoms with Gasteiger partial charge in [0.1, 0.15) is 11.6 Å². The Morgan fingerprint density at radius 1 is 1.18 bits per heavy atom. The van der Waals surface area contributed by atoms with E-state index >= 15 is 0 Å². The van der Waals surface area contributed by atoms with E-state index in [1.165, 1.54) is 0 Å². The van der Waals surface area contributed by atoms with Gasteiger partial charge in [0.15, 0.2) is 0 Å². The van der Waals surface area contributed by atoms with E-state index < -0.39 is 0 Å². The molecule has 0 unspecified atom stereocenters. The quantitative estimate of drug-likeness (QED) is 0.731. The largest absolute Gasteiger partial charge is 0.299 e. The molecule has 2 atom stereocenters. The van der Waals surface area contributed by atoms with Crippen molar-refractivity contribution >= 4 is 34.8 Å². The minimum absolute atomic E-state index is 0.00386. The molecule has 2 rings (SSSR count). The first-order valence-electron chi connectivity index (χ1n) is 5.48. The number of rotatable bonds is 1. The van der Waals surface area contributed by atoms with E-state index in [9.17, 15) is 9.59 Å². The Balaban J connectivity index is 2.34. The molecular weight excluding hydrogens is 259 g/mol. The monoisotopic (exact) mass is 270 g/mol. The minimum atomic E-state index is -0.134. The first-order chi connectivity index (χ1) is 7.99. The Labute approximate surface area is 110 Å². The Hall–Kier alpha value is -0.860. The fourth-order valence-electron chi connectivity index (χ4n) is 2.22. The summed E-state index contributed by atoms with van der Waals surface area (Å²) in [5, 5.41) is 0.943. The van der Waals surface area contributed by atoms with Crippen LogP contribution in [0, 0.1) is 5.92 Å². The average Bonchev–Trinajstić information content (AvgIpc) is 2.27. The van der Waals surface area contributed by atoms with E-state index in [0.29, 0.717) is 16.5 Å². The van der Waals surface area contributed by atoms with E-state index in [2.05, 4.69) is 0 Å². The topological polar surface area (TPSA) is 34.1 Å². The Kier molecular flexibility index (Phi) is 3.55. The van der Waals surface area contributed by atoms with Crippen LogP contribution in [0.2, 0.25) is 10.0 Å². The molecule has 1 aliphatic rings. The van der Waals surface area contributed by atoms with Gasteiger partial charge in [-0.2, -0.15) is 0 Å². The summed E-state index contributed by atoms with van der Waals surface area (Å²) in [5.41, 5.74) is 0.910. The zero-order valence-electron chi connectivity index (χ0n) is 9.37. The van der Waals surface area contributed by atoms with Gasteiger partial charge < -0.3 is 0 Å². The SMILES string of the molecule is C[C@@H]1C(=O)CC(=O)C[C@H]1c1ccc(Cl)c(Cl)c1. The second kappa shape index (κ2) is 4.79. The molecule has 2 nitrogen and oxygen atoms in total. The summed E-state index contributed by atoms with van der Waals surface area (Å²) < 4.78 is 0. The molecule has 0 heterocycles. The summed E-state index contributed by atoms with van der Waals surface area (Å²) in [6.45, 7) is 1.86. The number of hydrogen-bond donors (Lipinski definition) is 0. The second-order valence-electron chi connectivity index (χ2n) is 4.45. The number of hydrogen-bond acceptors (Lipinski definition) is 2. The van der Waals surface area contributed by atoms with E-state index in [1.807, 2.05) is 13.0 Å². The highest BCUT2D eigenvalue weighted by Crippen LogP contribution is 2.36. The normalized spacial score (nSPS) is 25.1. The van der Waals surface area contributed by atoms with Gasteiger partial charge >= 0.3 is 0 Å². The van der Waals surface area contributed by atoms with E-state index in [-0.39, 0.29) is 29.8 Å². The van der Waals surface area contributed by atoms with Gasteiger partial charge in [0.25, 0.3) is 0 Å². The van der Waals surface area contributed by atoms with Crippen LogP contribution in [0.25, 0.3) is 0 Å². The minimum Gasteiger partial charge on any atom is -0.299 e. The standard InChI is InChI=1S/C13H12Cl2O2/c1-7-10(5-9(16)6-13(7)17)8-2-3-11(14)12(15)4-8/h2-4,7,10H,5-6H2,1H3/t7-,10+/m0/s1. The number of Topliss-reactive ketones (excluding diaryl/α,β-unsaturated/α-hetero) is 2. The summed E-state index contributed by atoms with van der Waals surface area (Å²) in [4.78, 5) is 23.1. The summed E-state index contributed by atoms with van der Waals surface area (Å²) in [5.74, 6) is -0.190. The fraction of sp³-hybridized carbons (Fsp3) is 0.385. The highest BCUT2D eigenvalue weighted by molar-refractivity contribution is 6.42. The molecule has 90 valence electrons. The van der Waals surface area contributed by atoms with Gasteiger partial charge in [-0.1, -0.05) is 36.2 Å². The summed E-state index contributed by atoms with van der Waals surface area (Å²) >= 11 is 11.8. The highest BCUT2D eigenvalue weighted by atomic mass is 35.5. The number of halogens is 2. The molecular formula is C13H12Cl2O2. The second-order valence-corrected chi connectivity index (χ2v) is 5.27. The third kappa shape index (κ3) is 2.53. The highest BCUT2D eigenvalue weighted by Gasteiger charge is 2.33. The van der Waals surface area contributed by atoms with Gasteiger partial charge in [-0.15, -0.1) is 0 Å². The van der Waals surface area contributed by atoms with Crippen molar-refractivity contribution in [2.24, 2.45) is 5.92 Å². The molecule has 0 aliphatic heterocycles. The lowest BCUT2D eigenvalue weighted by molar-refractivity contribution is -0.133. The smallest absolute Gasteiger partial charge is 0.143 e. The maximum atomic E-state index is 11.7. The first kappa shape index (κ1) is 12.6.